The van der Waals surface area contributed by atoms with E-state index in [0.717, 1.165) is 24.1 Å². The first-order valence-electron chi connectivity index (χ1n) is 8.59. The van der Waals surface area contributed by atoms with Crippen LogP contribution in [0.15, 0.2) is 12.1 Å². The van der Waals surface area contributed by atoms with Crippen molar-refractivity contribution in [1.29, 1.82) is 0 Å². The first-order chi connectivity index (χ1) is 11.1. The van der Waals surface area contributed by atoms with E-state index in [2.05, 4.69) is 19.9 Å². The molecular weight excluding hydrogens is 292 g/mol. The predicted octanol–water partition coefficient (Wildman–Crippen LogP) is -0.206. The maximum Gasteiger partial charge on any atom is 0.164 e. The van der Waals surface area contributed by atoms with Gasteiger partial charge in [0, 0.05) is 6.07 Å². The smallest absolute Gasteiger partial charge is 0.164 e. The Balaban J connectivity index is 2.05. The first-order valence-corrected chi connectivity index (χ1v) is 8.59. The monoisotopic (exact) mass is 324 g/mol. The van der Waals surface area contributed by atoms with E-state index in [1.807, 2.05) is 6.07 Å². The van der Waals surface area contributed by atoms with Crippen molar-refractivity contribution in [1.82, 2.24) is 0 Å². The van der Waals surface area contributed by atoms with Crippen molar-refractivity contribution in [3.63, 3.8) is 0 Å². The molecule has 5 heteroatoms. The highest BCUT2D eigenvalue weighted by atomic mass is 16.5. The lowest BCUT2D eigenvalue weighted by molar-refractivity contribution is -1.03. The summed E-state index contributed by atoms with van der Waals surface area (Å²) in [7, 11) is 5.04. The van der Waals surface area contributed by atoms with Gasteiger partial charge in [0.2, 0.25) is 0 Å². The molecule has 1 aromatic carbocycles. The Kier molecular flexibility index (Phi) is 6.54. The molecule has 1 saturated heterocycles. The molecule has 0 aromatic heterocycles. The van der Waals surface area contributed by atoms with Gasteiger partial charge in [0.05, 0.1) is 32.9 Å². The maximum absolute atomic E-state index is 5.55. The fraction of sp³-hybridized carbons (Fsp3) is 0.667. The Morgan fingerprint density at radius 1 is 0.913 bits per heavy atom. The highest BCUT2D eigenvalue weighted by Gasteiger charge is 2.27. The predicted molar refractivity (Wildman–Crippen MR) is 90.9 cm³/mol. The second-order valence-electron chi connectivity index (χ2n) is 6.41. The fourth-order valence-corrected chi connectivity index (χ4v) is 3.38. The molecule has 1 unspecified atom stereocenters. The van der Waals surface area contributed by atoms with Crippen LogP contribution in [0.25, 0.3) is 0 Å². The lowest BCUT2D eigenvalue weighted by Gasteiger charge is -2.33. The van der Waals surface area contributed by atoms with Crippen LogP contribution in [0.3, 0.4) is 0 Å². The van der Waals surface area contributed by atoms with Gasteiger partial charge < -0.3 is 24.0 Å². The minimum atomic E-state index is 0.717. The minimum absolute atomic E-state index is 0.717. The summed E-state index contributed by atoms with van der Waals surface area (Å²) in [6, 6.07) is 4.75. The van der Waals surface area contributed by atoms with Crippen LogP contribution in [-0.2, 0) is 6.54 Å². The summed E-state index contributed by atoms with van der Waals surface area (Å²) in [6.07, 6.45) is 1.26. The Bertz CT molecular complexity index is 499. The molecule has 5 nitrogen and oxygen atoms in total. The summed E-state index contributed by atoms with van der Waals surface area (Å²) >= 11 is 0. The van der Waals surface area contributed by atoms with Crippen LogP contribution in [-0.4, -0.2) is 53.6 Å². The Hall–Kier alpha value is -1.46. The molecule has 0 spiro atoms. The van der Waals surface area contributed by atoms with Crippen LogP contribution in [0.4, 0.5) is 0 Å². The average molecular weight is 324 g/mol. The summed E-state index contributed by atoms with van der Waals surface area (Å²) in [6.45, 7) is 10.5. The van der Waals surface area contributed by atoms with E-state index in [4.69, 9.17) is 14.2 Å². The van der Waals surface area contributed by atoms with E-state index in [1.165, 1.54) is 38.2 Å². The van der Waals surface area contributed by atoms with Gasteiger partial charge in [-0.1, -0.05) is 6.92 Å². The fourth-order valence-electron chi connectivity index (χ4n) is 3.38. The lowest BCUT2D eigenvalue weighted by Crippen LogP contribution is -3.29. The topological polar surface area (TPSA) is 36.6 Å². The van der Waals surface area contributed by atoms with E-state index >= 15 is 0 Å². The van der Waals surface area contributed by atoms with Gasteiger partial charge in [0.25, 0.3) is 0 Å². The molecule has 0 bridgehead atoms. The van der Waals surface area contributed by atoms with Gasteiger partial charge in [-0.05, 0) is 19.4 Å². The van der Waals surface area contributed by atoms with Crippen LogP contribution >= 0.6 is 0 Å². The lowest BCUT2D eigenvalue weighted by atomic mass is 10.1. The van der Waals surface area contributed by atoms with Crippen LogP contribution in [0.2, 0.25) is 0 Å². The number of nitrogens with one attached hydrogen (secondary N) is 2. The number of hydrogen-bond donors (Lipinski definition) is 2. The SMILES string of the molecule is CCC(C)[NH+]1CC[NH+](Cc2cc(OC)c(OC)cc2OC)CC1. The molecule has 0 aliphatic carbocycles. The highest BCUT2D eigenvalue weighted by molar-refractivity contribution is 5.50. The second-order valence-corrected chi connectivity index (χ2v) is 6.41. The summed E-state index contributed by atoms with van der Waals surface area (Å²) < 4.78 is 16.3. The number of piperazine rings is 1. The van der Waals surface area contributed by atoms with Crippen molar-refractivity contribution in [2.24, 2.45) is 0 Å². The third-order valence-corrected chi connectivity index (χ3v) is 5.14. The van der Waals surface area contributed by atoms with Gasteiger partial charge in [0.1, 0.15) is 38.5 Å². The summed E-state index contributed by atoms with van der Waals surface area (Å²) in [4.78, 5) is 3.36. The molecule has 1 aromatic rings. The molecule has 1 fully saturated rings. The van der Waals surface area contributed by atoms with Gasteiger partial charge in [-0.3, -0.25) is 0 Å². The molecule has 0 radical (unpaired) electrons. The molecule has 2 rings (SSSR count). The molecule has 1 aliphatic heterocycles. The molecule has 2 N–H and O–H groups in total. The van der Waals surface area contributed by atoms with Crippen LogP contribution in [0.1, 0.15) is 25.8 Å². The number of methoxy groups -OCH3 is 3. The normalized spacial score (nSPS) is 22.5. The van der Waals surface area contributed by atoms with Crippen molar-refractivity contribution < 1.29 is 24.0 Å². The number of rotatable bonds is 7. The van der Waals surface area contributed by atoms with Gasteiger partial charge in [-0.25, -0.2) is 0 Å². The third kappa shape index (κ3) is 4.30. The van der Waals surface area contributed by atoms with Gasteiger partial charge in [-0.2, -0.15) is 0 Å². The van der Waals surface area contributed by atoms with Crippen LogP contribution in [0.5, 0.6) is 17.2 Å². The summed E-state index contributed by atoms with van der Waals surface area (Å²) in [5.41, 5.74) is 1.19. The number of hydrogen-bond acceptors (Lipinski definition) is 3. The maximum atomic E-state index is 5.55. The highest BCUT2D eigenvalue weighted by Crippen LogP contribution is 2.34. The summed E-state index contributed by atoms with van der Waals surface area (Å²) in [5.74, 6) is 2.37. The van der Waals surface area contributed by atoms with Crippen molar-refractivity contribution in [2.75, 3.05) is 47.5 Å². The Labute approximate surface area is 140 Å². The molecule has 0 amide bonds. The second kappa shape index (κ2) is 8.41. The van der Waals surface area contributed by atoms with Crippen molar-refractivity contribution in [2.45, 2.75) is 32.9 Å². The van der Waals surface area contributed by atoms with E-state index in [1.54, 1.807) is 31.1 Å². The number of quaternary nitrogens is 2. The molecule has 130 valence electrons. The van der Waals surface area contributed by atoms with E-state index in [-0.39, 0.29) is 0 Å². The quantitative estimate of drug-likeness (QED) is 0.729. The van der Waals surface area contributed by atoms with E-state index in [0.29, 0.717) is 5.75 Å². The number of benzene rings is 1. The van der Waals surface area contributed by atoms with E-state index in [9.17, 15) is 0 Å². The van der Waals surface area contributed by atoms with Gasteiger partial charge in [0.15, 0.2) is 11.5 Å². The first kappa shape index (κ1) is 17.9. The van der Waals surface area contributed by atoms with Crippen molar-refractivity contribution in [3.8, 4) is 17.2 Å². The molecule has 1 aliphatic rings. The van der Waals surface area contributed by atoms with E-state index < -0.39 is 0 Å². The standard InChI is InChI=1S/C18H30N2O3/c1-6-14(2)20-9-7-19(8-10-20)13-15-11-17(22-4)18(23-5)12-16(15)21-3/h11-12,14H,6-10,13H2,1-5H3/p+2. The third-order valence-electron chi connectivity index (χ3n) is 5.14. The largest absolute Gasteiger partial charge is 0.496 e. The average Bonchev–Trinajstić information content (AvgIpc) is 2.61. The Morgan fingerprint density at radius 3 is 2.00 bits per heavy atom. The molecule has 23 heavy (non-hydrogen) atoms. The van der Waals surface area contributed by atoms with Crippen molar-refractivity contribution >= 4 is 0 Å². The molecule has 1 atom stereocenters. The number of ether oxygens (including phenoxy) is 3. The van der Waals surface area contributed by atoms with Crippen LogP contribution < -0.4 is 24.0 Å². The zero-order valence-corrected chi connectivity index (χ0v) is 15.2. The molecule has 1 heterocycles. The van der Waals surface area contributed by atoms with Crippen LogP contribution in [0, 0.1) is 0 Å². The molecular formula is C18H32N2O3+2. The zero-order valence-electron chi connectivity index (χ0n) is 15.2. The molecule has 0 saturated carbocycles. The zero-order chi connectivity index (χ0) is 16.8. The van der Waals surface area contributed by atoms with Gasteiger partial charge >= 0.3 is 0 Å². The Morgan fingerprint density at radius 2 is 1.48 bits per heavy atom. The summed E-state index contributed by atoms with van der Waals surface area (Å²) in [5, 5.41) is 0. The van der Waals surface area contributed by atoms with Gasteiger partial charge in [-0.15, -0.1) is 0 Å². The van der Waals surface area contributed by atoms with Crippen molar-refractivity contribution in [3.05, 3.63) is 17.7 Å². The minimum Gasteiger partial charge on any atom is -0.496 e.